The normalized spacial score (nSPS) is 15.5. The van der Waals surface area contributed by atoms with Gasteiger partial charge >= 0.3 is 0 Å². The lowest BCUT2D eigenvalue weighted by Crippen LogP contribution is -2.45. The van der Waals surface area contributed by atoms with Crippen LogP contribution >= 0.6 is 0 Å². The summed E-state index contributed by atoms with van der Waals surface area (Å²) in [7, 11) is 0. The third-order valence-electron chi connectivity index (χ3n) is 6.50. The highest BCUT2D eigenvalue weighted by molar-refractivity contribution is 6.21. The highest BCUT2D eigenvalue weighted by atomic mass is 16.2. The van der Waals surface area contributed by atoms with E-state index >= 15 is 0 Å². The van der Waals surface area contributed by atoms with E-state index in [1.807, 2.05) is 18.2 Å². The van der Waals surface area contributed by atoms with Gasteiger partial charge < -0.3 is 0 Å². The number of likely N-dealkylation sites (tertiary alicyclic amines) is 1. The first-order valence-corrected chi connectivity index (χ1v) is 11.3. The van der Waals surface area contributed by atoms with E-state index in [2.05, 4.69) is 60.0 Å². The van der Waals surface area contributed by atoms with Crippen LogP contribution in [0.1, 0.15) is 44.3 Å². The van der Waals surface area contributed by atoms with Gasteiger partial charge in [-0.1, -0.05) is 78.9 Å². The van der Waals surface area contributed by atoms with Gasteiger partial charge in [-0.2, -0.15) is 0 Å². The van der Waals surface area contributed by atoms with Crippen LogP contribution in [-0.2, 0) is 0 Å². The number of allylic oxidation sites excluding steroid dienone is 1. The van der Waals surface area contributed by atoms with Crippen LogP contribution < -0.4 is 0 Å². The van der Waals surface area contributed by atoms with Gasteiger partial charge in [0.15, 0.2) is 0 Å². The molecule has 2 aliphatic rings. The minimum absolute atomic E-state index is 0.167. The van der Waals surface area contributed by atoms with E-state index in [0.717, 1.165) is 18.7 Å². The topological polar surface area (TPSA) is 40.6 Å². The Kier molecular flexibility index (Phi) is 5.76. The van der Waals surface area contributed by atoms with Crippen molar-refractivity contribution in [1.82, 2.24) is 9.80 Å². The van der Waals surface area contributed by atoms with Crippen LogP contribution in [0.3, 0.4) is 0 Å². The maximum Gasteiger partial charge on any atom is 0.261 e. The smallest absolute Gasteiger partial charge is 0.261 e. The molecule has 0 spiro atoms. The SMILES string of the molecule is C=CCC(CN1C(=O)c2ccccc2C1=O)=C1CN(C(c2ccccc2)c2ccccc2)C1. The molecule has 0 atom stereocenters. The van der Waals surface area contributed by atoms with Crippen molar-refractivity contribution >= 4 is 11.8 Å². The minimum Gasteiger partial charge on any atom is -0.284 e. The molecule has 1 fully saturated rings. The molecule has 0 aromatic heterocycles. The molecule has 33 heavy (non-hydrogen) atoms. The van der Waals surface area contributed by atoms with E-state index in [1.165, 1.54) is 21.6 Å². The van der Waals surface area contributed by atoms with E-state index in [-0.39, 0.29) is 17.9 Å². The maximum atomic E-state index is 12.9. The minimum atomic E-state index is -0.208. The van der Waals surface area contributed by atoms with Crippen molar-refractivity contribution in [3.8, 4) is 0 Å². The number of carbonyl (C=O) groups is 2. The van der Waals surface area contributed by atoms with E-state index < -0.39 is 0 Å². The Morgan fingerprint density at radius 2 is 1.27 bits per heavy atom. The second-order valence-electron chi connectivity index (χ2n) is 8.57. The van der Waals surface area contributed by atoms with Gasteiger partial charge in [-0.25, -0.2) is 0 Å². The molecule has 2 aliphatic heterocycles. The van der Waals surface area contributed by atoms with Crippen LogP contribution in [0.25, 0.3) is 0 Å². The number of rotatable bonds is 7. The van der Waals surface area contributed by atoms with Crippen LogP contribution in [0.5, 0.6) is 0 Å². The predicted octanol–water partition coefficient (Wildman–Crippen LogP) is 5.26. The van der Waals surface area contributed by atoms with Crippen molar-refractivity contribution in [3.63, 3.8) is 0 Å². The number of hydrogen-bond donors (Lipinski definition) is 0. The Labute approximate surface area is 194 Å². The zero-order chi connectivity index (χ0) is 22.8. The van der Waals surface area contributed by atoms with Crippen molar-refractivity contribution < 1.29 is 9.59 Å². The number of carbonyl (C=O) groups excluding carboxylic acids is 2. The van der Waals surface area contributed by atoms with Gasteiger partial charge in [0.05, 0.1) is 23.7 Å². The van der Waals surface area contributed by atoms with Gasteiger partial charge in [-0.15, -0.1) is 6.58 Å². The van der Waals surface area contributed by atoms with Crippen LogP contribution in [0.2, 0.25) is 0 Å². The Hall–Kier alpha value is -3.76. The van der Waals surface area contributed by atoms with Gasteiger partial charge in [-0.3, -0.25) is 19.4 Å². The average Bonchev–Trinajstić information content (AvgIpc) is 3.07. The molecule has 4 nitrogen and oxygen atoms in total. The summed E-state index contributed by atoms with van der Waals surface area (Å²) in [5.74, 6) is -0.416. The highest BCUT2D eigenvalue weighted by Gasteiger charge is 2.37. The molecular formula is C29H26N2O2. The first-order valence-electron chi connectivity index (χ1n) is 11.3. The number of hydrogen-bond acceptors (Lipinski definition) is 3. The number of fused-ring (bicyclic) bond motifs is 1. The molecule has 3 aromatic rings. The third-order valence-corrected chi connectivity index (χ3v) is 6.50. The molecule has 0 bridgehead atoms. The summed E-state index contributed by atoms with van der Waals surface area (Å²) >= 11 is 0. The molecule has 0 radical (unpaired) electrons. The highest BCUT2D eigenvalue weighted by Crippen LogP contribution is 2.36. The largest absolute Gasteiger partial charge is 0.284 e. The van der Waals surface area contributed by atoms with Gasteiger partial charge in [0.1, 0.15) is 0 Å². The van der Waals surface area contributed by atoms with Crippen LogP contribution in [0.4, 0.5) is 0 Å². The van der Waals surface area contributed by atoms with E-state index in [1.54, 1.807) is 24.3 Å². The van der Waals surface area contributed by atoms with Crippen molar-refractivity contribution in [1.29, 1.82) is 0 Å². The second kappa shape index (κ2) is 9.00. The number of nitrogens with zero attached hydrogens (tertiary/aromatic N) is 2. The number of imide groups is 1. The Balaban J connectivity index is 1.39. The lowest BCUT2D eigenvalue weighted by Gasteiger charge is -2.42. The lowest BCUT2D eigenvalue weighted by atomic mass is 9.90. The summed E-state index contributed by atoms with van der Waals surface area (Å²) in [6, 6.07) is 28.3. The summed E-state index contributed by atoms with van der Waals surface area (Å²) in [5.41, 5.74) is 5.89. The van der Waals surface area contributed by atoms with Crippen LogP contribution in [0, 0.1) is 0 Å². The summed E-state index contributed by atoms with van der Waals surface area (Å²) in [4.78, 5) is 29.5. The molecule has 2 amide bonds. The lowest BCUT2D eigenvalue weighted by molar-refractivity contribution is 0.0665. The molecule has 5 rings (SSSR count). The molecule has 0 saturated carbocycles. The summed E-state index contributed by atoms with van der Waals surface area (Å²) in [5, 5.41) is 0. The monoisotopic (exact) mass is 434 g/mol. The molecule has 0 N–H and O–H groups in total. The molecule has 1 saturated heterocycles. The van der Waals surface area contributed by atoms with E-state index in [9.17, 15) is 9.59 Å². The fraction of sp³-hybridized carbons (Fsp3) is 0.172. The van der Waals surface area contributed by atoms with Crippen molar-refractivity contribution in [2.75, 3.05) is 19.6 Å². The van der Waals surface area contributed by atoms with E-state index in [4.69, 9.17) is 0 Å². The fourth-order valence-electron chi connectivity index (χ4n) is 4.80. The van der Waals surface area contributed by atoms with Crippen LogP contribution in [0.15, 0.2) is 109 Å². The molecule has 164 valence electrons. The Morgan fingerprint density at radius 3 is 1.76 bits per heavy atom. The predicted molar refractivity (Wildman–Crippen MR) is 130 cm³/mol. The molecular weight excluding hydrogens is 408 g/mol. The van der Waals surface area contributed by atoms with Gasteiger partial charge in [-0.05, 0) is 40.8 Å². The Bertz CT molecular complexity index is 1150. The van der Waals surface area contributed by atoms with Crippen molar-refractivity contribution in [2.45, 2.75) is 12.5 Å². The third kappa shape index (κ3) is 3.94. The molecule has 0 aliphatic carbocycles. The zero-order valence-electron chi connectivity index (χ0n) is 18.5. The fourth-order valence-corrected chi connectivity index (χ4v) is 4.80. The van der Waals surface area contributed by atoms with Gasteiger partial charge in [0.25, 0.3) is 11.8 Å². The van der Waals surface area contributed by atoms with Crippen molar-refractivity contribution in [2.24, 2.45) is 0 Å². The zero-order valence-corrected chi connectivity index (χ0v) is 18.5. The molecule has 4 heteroatoms. The molecule has 2 heterocycles. The van der Waals surface area contributed by atoms with Crippen LogP contribution in [-0.4, -0.2) is 41.2 Å². The summed E-state index contributed by atoms with van der Waals surface area (Å²) < 4.78 is 0. The first kappa shape index (κ1) is 21.1. The number of benzene rings is 3. The quantitative estimate of drug-likeness (QED) is 0.376. The van der Waals surface area contributed by atoms with Crippen molar-refractivity contribution in [3.05, 3.63) is 131 Å². The second-order valence-corrected chi connectivity index (χ2v) is 8.57. The summed E-state index contributed by atoms with van der Waals surface area (Å²) in [6.07, 6.45) is 2.52. The van der Waals surface area contributed by atoms with Gasteiger partial charge in [0.2, 0.25) is 0 Å². The standard InChI is InChI=1S/C29H26N2O2/c1-2-11-23(20-31-28(32)25-16-9-10-17-26(25)29(31)33)24-18-30(19-24)27(21-12-5-3-6-13-21)22-14-7-4-8-15-22/h2-10,12-17,27H,1,11,18-20H2. The summed E-state index contributed by atoms with van der Waals surface area (Å²) in [6.45, 7) is 5.84. The maximum absolute atomic E-state index is 12.9. The number of amides is 2. The molecule has 3 aromatic carbocycles. The molecule has 0 unspecified atom stereocenters. The first-order chi connectivity index (χ1) is 16.2. The Morgan fingerprint density at radius 1 is 0.788 bits per heavy atom. The average molecular weight is 435 g/mol. The van der Waals surface area contributed by atoms with E-state index in [0.29, 0.717) is 24.1 Å². The van der Waals surface area contributed by atoms with Gasteiger partial charge in [0, 0.05) is 13.1 Å².